The van der Waals surface area contributed by atoms with E-state index in [9.17, 15) is 9.90 Å². The molecule has 0 aliphatic carbocycles. The van der Waals surface area contributed by atoms with Crippen molar-refractivity contribution < 1.29 is 14.6 Å². The largest absolute Gasteiger partial charge is 0.491 e. The number of unbranched alkanes of at least 4 members (excludes halogenated alkanes) is 3. The number of rotatable bonds is 10. The lowest BCUT2D eigenvalue weighted by Gasteiger charge is -2.17. The van der Waals surface area contributed by atoms with Gasteiger partial charge in [-0.1, -0.05) is 25.3 Å². The van der Waals surface area contributed by atoms with Crippen LogP contribution in [0.15, 0.2) is 24.3 Å². The van der Waals surface area contributed by atoms with Gasteiger partial charge in [-0.3, -0.25) is 9.78 Å². The summed E-state index contributed by atoms with van der Waals surface area (Å²) in [5, 5.41) is 12.7. The van der Waals surface area contributed by atoms with Gasteiger partial charge in [0.25, 0.3) is 0 Å². The van der Waals surface area contributed by atoms with Gasteiger partial charge in [0, 0.05) is 30.3 Å². The minimum absolute atomic E-state index is 0.0261. The van der Waals surface area contributed by atoms with E-state index in [1.165, 1.54) is 12.0 Å². The molecule has 160 valence electrons. The van der Waals surface area contributed by atoms with Crippen LogP contribution in [0.25, 0.3) is 0 Å². The van der Waals surface area contributed by atoms with Crippen molar-refractivity contribution in [2.75, 3.05) is 18.5 Å². The molecule has 6 heteroatoms. The summed E-state index contributed by atoms with van der Waals surface area (Å²) in [5.41, 5.74) is 4.36. The fourth-order valence-corrected chi connectivity index (χ4v) is 4.42. The zero-order valence-corrected chi connectivity index (χ0v) is 17.5. The fourth-order valence-electron chi connectivity index (χ4n) is 4.42. The predicted molar refractivity (Wildman–Crippen MR) is 116 cm³/mol. The van der Waals surface area contributed by atoms with Crippen LogP contribution >= 0.6 is 0 Å². The topological polar surface area (TPSA) is 84.3 Å². The van der Waals surface area contributed by atoms with E-state index in [2.05, 4.69) is 17.4 Å². The molecule has 2 aliphatic rings. The van der Waals surface area contributed by atoms with Gasteiger partial charge in [-0.15, -0.1) is 0 Å². The Hall–Kier alpha value is -2.63. The van der Waals surface area contributed by atoms with E-state index in [-0.39, 0.29) is 12.3 Å². The summed E-state index contributed by atoms with van der Waals surface area (Å²) in [4.78, 5) is 20.8. The molecule has 0 bridgehead atoms. The molecule has 0 saturated carbocycles. The van der Waals surface area contributed by atoms with E-state index in [1.54, 1.807) is 0 Å². The Balaban J connectivity index is 1.22. The van der Waals surface area contributed by atoms with Gasteiger partial charge < -0.3 is 15.2 Å². The van der Waals surface area contributed by atoms with E-state index in [0.29, 0.717) is 6.61 Å². The number of fused-ring (bicyclic) bond motifs is 2. The molecular formula is C24H31N3O3. The van der Waals surface area contributed by atoms with Gasteiger partial charge in [-0.05, 0) is 55.9 Å². The lowest BCUT2D eigenvalue weighted by molar-refractivity contribution is -0.137. The summed E-state index contributed by atoms with van der Waals surface area (Å²) in [6.45, 7) is 1.69. The minimum atomic E-state index is -0.759. The number of pyridine rings is 2. The quantitative estimate of drug-likeness (QED) is 0.561. The molecule has 30 heavy (non-hydrogen) atoms. The van der Waals surface area contributed by atoms with Crippen LogP contribution in [0.4, 0.5) is 5.82 Å². The number of ether oxygens (including phenoxy) is 1. The summed E-state index contributed by atoms with van der Waals surface area (Å²) in [7, 11) is 0. The number of hydrogen-bond acceptors (Lipinski definition) is 5. The maximum Gasteiger partial charge on any atom is 0.304 e. The van der Waals surface area contributed by atoms with Crippen LogP contribution in [0.1, 0.15) is 73.5 Å². The highest BCUT2D eigenvalue weighted by molar-refractivity contribution is 5.67. The first kappa shape index (κ1) is 20.6. The molecule has 2 aromatic heterocycles. The molecule has 0 saturated heterocycles. The second kappa shape index (κ2) is 9.92. The second-order valence-corrected chi connectivity index (χ2v) is 8.37. The van der Waals surface area contributed by atoms with Crippen LogP contribution in [0, 0.1) is 0 Å². The zero-order chi connectivity index (χ0) is 20.8. The predicted octanol–water partition coefficient (Wildman–Crippen LogP) is 4.52. The Labute approximate surface area is 178 Å². The van der Waals surface area contributed by atoms with Crippen molar-refractivity contribution in [2.24, 2.45) is 0 Å². The molecule has 0 spiro atoms. The third-order valence-corrected chi connectivity index (χ3v) is 6.08. The Bertz CT molecular complexity index is 884. The van der Waals surface area contributed by atoms with Gasteiger partial charge in [-0.25, -0.2) is 4.98 Å². The van der Waals surface area contributed by atoms with Crippen molar-refractivity contribution in [3.63, 3.8) is 0 Å². The van der Waals surface area contributed by atoms with E-state index in [1.807, 2.05) is 12.1 Å². The number of carboxylic acids is 1. The molecule has 0 unspecified atom stereocenters. The highest BCUT2D eigenvalue weighted by Crippen LogP contribution is 2.30. The van der Waals surface area contributed by atoms with Crippen LogP contribution in [0.5, 0.6) is 5.75 Å². The molecule has 6 nitrogen and oxygen atoms in total. The average molecular weight is 410 g/mol. The monoisotopic (exact) mass is 409 g/mol. The van der Waals surface area contributed by atoms with Crippen LogP contribution in [-0.2, 0) is 24.1 Å². The van der Waals surface area contributed by atoms with Gasteiger partial charge in [-0.2, -0.15) is 0 Å². The molecule has 2 N–H and O–H groups in total. The molecule has 4 heterocycles. The number of carboxylic acid groups (broad SMARTS) is 1. The Morgan fingerprint density at radius 1 is 1.10 bits per heavy atom. The molecular weight excluding hydrogens is 378 g/mol. The maximum atomic E-state index is 11.3. The van der Waals surface area contributed by atoms with Crippen molar-refractivity contribution in [1.29, 1.82) is 0 Å². The molecule has 2 aliphatic heterocycles. The third-order valence-electron chi connectivity index (χ3n) is 6.08. The summed E-state index contributed by atoms with van der Waals surface area (Å²) < 4.78 is 5.52. The van der Waals surface area contributed by atoms with Gasteiger partial charge >= 0.3 is 5.97 Å². The average Bonchev–Trinajstić information content (AvgIpc) is 3.23. The number of hydrogen-bond donors (Lipinski definition) is 2. The first-order valence-electron chi connectivity index (χ1n) is 11.3. The zero-order valence-electron chi connectivity index (χ0n) is 17.5. The first-order chi connectivity index (χ1) is 14.7. The third kappa shape index (κ3) is 5.29. The first-order valence-corrected chi connectivity index (χ1v) is 11.3. The molecule has 0 aromatic carbocycles. The summed E-state index contributed by atoms with van der Waals surface area (Å²) >= 11 is 0. The van der Waals surface area contributed by atoms with Crippen LogP contribution < -0.4 is 10.1 Å². The van der Waals surface area contributed by atoms with Crippen LogP contribution in [-0.4, -0.2) is 34.2 Å². The molecule has 4 rings (SSSR count). The number of nitrogens with zero attached hydrogens (tertiary/aromatic N) is 2. The lowest BCUT2D eigenvalue weighted by Crippen LogP contribution is -2.13. The molecule has 1 atom stereocenters. The molecule has 2 aromatic rings. The van der Waals surface area contributed by atoms with Gasteiger partial charge in [0.15, 0.2) is 0 Å². The Morgan fingerprint density at radius 2 is 2.00 bits per heavy atom. The summed E-state index contributed by atoms with van der Waals surface area (Å²) in [6, 6.07) is 8.26. The highest BCUT2D eigenvalue weighted by atomic mass is 16.5. The molecule has 0 radical (unpaired) electrons. The van der Waals surface area contributed by atoms with Crippen molar-refractivity contribution in [2.45, 2.75) is 70.1 Å². The van der Waals surface area contributed by atoms with Gasteiger partial charge in [0.05, 0.1) is 18.7 Å². The van der Waals surface area contributed by atoms with E-state index in [4.69, 9.17) is 14.7 Å². The summed E-state index contributed by atoms with van der Waals surface area (Å²) in [5.74, 6) is 1.13. The van der Waals surface area contributed by atoms with Gasteiger partial charge in [0.1, 0.15) is 11.6 Å². The van der Waals surface area contributed by atoms with Gasteiger partial charge in [0.2, 0.25) is 0 Å². The lowest BCUT2D eigenvalue weighted by atomic mass is 9.93. The van der Waals surface area contributed by atoms with Crippen LogP contribution in [0.3, 0.4) is 0 Å². The smallest absolute Gasteiger partial charge is 0.304 e. The van der Waals surface area contributed by atoms with E-state index < -0.39 is 5.97 Å². The van der Waals surface area contributed by atoms with Crippen molar-refractivity contribution >= 4 is 11.8 Å². The Kier molecular flexibility index (Phi) is 6.82. The normalized spacial score (nSPS) is 15.6. The highest BCUT2D eigenvalue weighted by Gasteiger charge is 2.20. The molecule has 0 amide bonds. The molecule has 0 fully saturated rings. The van der Waals surface area contributed by atoms with E-state index >= 15 is 0 Å². The number of anilines is 1. The SMILES string of the molecule is O=C(O)C[C@H](CCCCCCc1ccc2c(n1)NCCC2)c1ccc2c(n1)CCO2. The number of aliphatic carboxylic acids is 1. The van der Waals surface area contributed by atoms with E-state index in [0.717, 1.165) is 86.6 Å². The number of aryl methyl sites for hydroxylation is 2. The Morgan fingerprint density at radius 3 is 2.90 bits per heavy atom. The fraction of sp³-hybridized carbons (Fsp3) is 0.542. The second-order valence-electron chi connectivity index (χ2n) is 8.37. The number of nitrogens with one attached hydrogen (secondary N) is 1. The van der Waals surface area contributed by atoms with Crippen molar-refractivity contribution in [1.82, 2.24) is 9.97 Å². The summed E-state index contributed by atoms with van der Waals surface area (Å²) in [6.07, 6.45) is 9.50. The van der Waals surface area contributed by atoms with Crippen molar-refractivity contribution in [3.05, 3.63) is 46.9 Å². The van der Waals surface area contributed by atoms with Crippen LogP contribution in [0.2, 0.25) is 0 Å². The number of carbonyl (C=O) groups is 1. The number of aromatic nitrogens is 2. The maximum absolute atomic E-state index is 11.3. The van der Waals surface area contributed by atoms with Crippen molar-refractivity contribution in [3.8, 4) is 5.75 Å². The standard InChI is InChI=1S/C24H31N3O3/c28-23(29)16-18(20-11-12-22-21(27-20)13-15-30-22)6-3-1-2-4-8-19-10-9-17-7-5-14-25-24(17)26-19/h9-12,18H,1-8,13-16H2,(H,25,26)(H,28,29)/t18-/m0/s1. The minimum Gasteiger partial charge on any atom is -0.491 e.